The molecule has 1 N–H and O–H groups in total. The van der Waals surface area contributed by atoms with E-state index in [9.17, 15) is 0 Å². The second kappa shape index (κ2) is 13.9. The Morgan fingerprint density at radius 3 is 1.71 bits per heavy atom. The van der Waals surface area contributed by atoms with Crippen LogP contribution in [0.4, 0.5) is 0 Å². The molecule has 0 heterocycles. The van der Waals surface area contributed by atoms with Crippen LogP contribution in [0.25, 0.3) is 0 Å². The average molecular weight is 318 g/mol. The molecule has 21 heavy (non-hydrogen) atoms. The summed E-state index contributed by atoms with van der Waals surface area (Å²) in [6, 6.07) is 0.550. The molecule has 0 aromatic heterocycles. The largest absolute Gasteiger partial charge is 0.313 e. The number of rotatable bonds is 14. The molecular weight excluding hydrogens is 278 g/mol. The van der Waals surface area contributed by atoms with Crippen molar-refractivity contribution in [1.82, 2.24) is 5.32 Å². The van der Waals surface area contributed by atoms with Crippen molar-refractivity contribution in [3.63, 3.8) is 0 Å². The summed E-state index contributed by atoms with van der Waals surface area (Å²) in [7, 11) is 0. The van der Waals surface area contributed by atoms with Crippen molar-refractivity contribution in [1.29, 1.82) is 0 Å². The maximum atomic E-state index is 5.90. The molecule has 128 valence electrons. The van der Waals surface area contributed by atoms with Crippen LogP contribution in [0.3, 0.4) is 0 Å². The minimum atomic E-state index is 0.313. The maximum Gasteiger partial charge on any atom is 0.0238 e. The van der Waals surface area contributed by atoms with Gasteiger partial charge in [-0.2, -0.15) is 0 Å². The van der Waals surface area contributed by atoms with Crippen LogP contribution in [0, 0.1) is 5.41 Å². The van der Waals surface area contributed by atoms with E-state index in [1.807, 2.05) is 0 Å². The first kappa shape index (κ1) is 21.2. The van der Waals surface area contributed by atoms with Crippen LogP contribution in [-0.2, 0) is 0 Å². The number of hydrogen-bond donors (Lipinski definition) is 1. The molecule has 0 radical (unpaired) electrons. The van der Waals surface area contributed by atoms with Gasteiger partial charge >= 0.3 is 0 Å². The van der Waals surface area contributed by atoms with Gasteiger partial charge in [0.25, 0.3) is 0 Å². The Labute approximate surface area is 139 Å². The van der Waals surface area contributed by atoms with Crippen molar-refractivity contribution in [3.05, 3.63) is 0 Å². The van der Waals surface area contributed by atoms with Crippen molar-refractivity contribution in [2.45, 2.75) is 104 Å². The van der Waals surface area contributed by atoms with Crippen LogP contribution in [0.2, 0.25) is 0 Å². The maximum absolute atomic E-state index is 5.90. The number of nitrogens with one attached hydrogen (secondary N) is 1. The van der Waals surface area contributed by atoms with Gasteiger partial charge in [-0.25, -0.2) is 0 Å². The van der Waals surface area contributed by atoms with E-state index in [4.69, 9.17) is 11.6 Å². The smallest absolute Gasteiger partial charge is 0.0238 e. The molecule has 1 unspecified atom stereocenters. The Morgan fingerprint density at radius 2 is 1.29 bits per heavy atom. The molecule has 0 aromatic rings. The van der Waals surface area contributed by atoms with E-state index < -0.39 is 0 Å². The van der Waals surface area contributed by atoms with Crippen LogP contribution in [0.15, 0.2) is 0 Å². The van der Waals surface area contributed by atoms with E-state index in [0.717, 1.165) is 18.8 Å². The lowest BCUT2D eigenvalue weighted by atomic mass is 9.85. The number of hydrogen-bond acceptors (Lipinski definition) is 1. The van der Waals surface area contributed by atoms with E-state index in [0.29, 0.717) is 11.5 Å². The third kappa shape index (κ3) is 13.6. The predicted molar refractivity (Wildman–Crippen MR) is 98.4 cm³/mol. The summed E-state index contributed by atoms with van der Waals surface area (Å²) in [6.07, 6.45) is 15.1. The van der Waals surface area contributed by atoms with Gasteiger partial charge in [-0.05, 0) is 24.8 Å². The molecule has 1 atom stereocenters. The van der Waals surface area contributed by atoms with E-state index in [2.05, 4.69) is 33.0 Å². The molecule has 0 bridgehead atoms. The van der Waals surface area contributed by atoms with Gasteiger partial charge in [0.2, 0.25) is 0 Å². The molecule has 0 aliphatic carbocycles. The molecule has 0 saturated carbocycles. The molecule has 0 aliphatic rings. The first-order chi connectivity index (χ1) is 10.0. The van der Waals surface area contributed by atoms with Gasteiger partial charge in [-0.3, -0.25) is 0 Å². The summed E-state index contributed by atoms with van der Waals surface area (Å²) >= 11 is 5.90. The minimum Gasteiger partial charge on any atom is -0.313 e. The van der Waals surface area contributed by atoms with Crippen molar-refractivity contribution in [2.75, 3.05) is 12.4 Å². The normalized spacial score (nSPS) is 13.6. The highest BCUT2D eigenvalue weighted by molar-refractivity contribution is 6.17. The first-order valence-corrected chi connectivity index (χ1v) is 9.85. The molecule has 1 nitrogen and oxygen atoms in total. The third-order valence-corrected chi connectivity index (χ3v) is 4.58. The Bertz CT molecular complexity index is 210. The summed E-state index contributed by atoms with van der Waals surface area (Å²) in [6.45, 7) is 10.3. The van der Waals surface area contributed by atoms with Gasteiger partial charge in [0, 0.05) is 11.9 Å². The lowest BCUT2D eigenvalue weighted by molar-refractivity contribution is 0.261. The van der Waals surface area contributed by atoms with Crippen molar-refractivity contribution >= 4 is 11.6 Å². The molecule has 0 aliphatic heterocycles. The molecule has 0 aromatic carbocycles. The van der Waals surface area contributed by atoms with Crippen molar-refractivity contribution in [2.24, 2.45) is 5.41 Å². The van der Waals surface area contributed by atoms with Crippen LogP contribution in [0.1, 0.15) is 98.3 Å². The first-order valence-electron chi connectivity index (χ1n) is 9.31. The summed E-state index contributed by atoms with van der Waals surface area (Å²) in [4.78, 5) is 0. The fraction of sp³-hybridized carbons (Fsp3) is 1.00. The Hall–Kier alpha value is 0.250. The van der Waals surface area contributed by atoms with Crippen LogP contribution >= 0.6 is 11.6 Å². The molecule has 0 amide bonds. The number of alkyl halides is 1. The van der Waals surface area contributed by atoms with Gasteiger partial charge in [0.15, 0.2) is 0 Å². The molecule has 0 fully saturated rings. The van der Waals surface area contributed by atoms with E-state index in [1.165, 1.54) is 64.2 Å². The van der Waals surface area contributed by atoms with Crippen LogP contribution in [-0.4, -0.2) is 18.5 Å². The zero-order valence-electron chi connectivity index (χ0n) is 15.1. The zero-order valence-corrected chi connectivity index (χ0v) is 15.9. The molecule has 0 spiro atoms. The Morgan fingerprint density at radius 1 is 0.810 bits per heavy atom. The Kier molecular flexibility index (Phi) is 14.0. The lowest BCUT2D eigenvalue weighted by Crippen LogP contribution is -2.41. The van der Waals surface area contributed by atoms with Crippen LogP contribution in [0.5, 0.6) is 0 Å². The zero-order chi connectivity index (χ0) is 16.0. The highest BCUT2D eigenvalue weighted by Crippen LogP contribution is 2.22. The fourth-order valence-electron chi connectivity index (χ4n) is 2.84. The van der Waals surface area contributed by atoms with Crippen LogP contribution < -0.4 is 5.32 Å². The van der Waals surface area contributed by atoms with Gasteiger partial charge in [0.05, 0.1) is 0 Å². The SMILES string of the molecule is CCCCCCCCCCCCNC(CCCl)C(C)(C)C. The molecule has 0 saturated heterocycles. The summed E-state index contributed by atoms with van der Waals surface area (Å²) in [5, 5.41) is 3.70. The highest BCUT2D eigenvalue weighted by Gasteiger charge is 2.22. The molecular formula is C19H40ClN. The third-order valence-electron chi connectivity index (χ3n) is 4.36. The van der Waals surface area contributed by atoms with E-state index >= 15 is 0 Å². The predicted octanol–water partition coefficient (Wildman–Crippen LogP) is 6.54. The summed E-state index contributed by atoms with van der Waals surface area (Å²) in [5.41, 5.74) is 0.313. The lowest BCUT2D eigenvalue weighted by Gasteiger charge is -2.31. The van der Waals surface area contributed by atoms with Gasteiger partial charge < -0.3 is 5.32 Å². The van der Waals surface area contributed by atoms with Gasteiger partial charge in [-0.1, -0.05) is 85.5 Å². The van der Waals surface area contributed by atoms with Crippen molar-refractivity contribution < 1.29 is 0 Å². The number of halogens is 1. The van der Waals surface area contributed by atoms with Gasteiger partial charge in [-0.15, -0.1) is 11.6 Å². The Balaban J connectivity index is 3.38. The second-order valence-electron chi connectivity index (χ2n) is 7.53. The quantitative estimate of drug-likeness (QED) is 0.283. The fourth-order valence-corrected chi connectivity index (χ4v) is 3.06. The second-order valence-corrected chi connectivity index (χ2v) is 7.91. The van der Waals surface area contributed by atoms with Gasteiger partial charge in [0.1, 0.15) is 0 Å². The van der Waals surface area contributed by atoms with Crippen molar-refractivity contribution in [3.8, 4) is 0 Å². The number of unbranched alkanes of at least 4 members (excludes halogenated alkanes) is 9. The molecule has 2 heteroatoms. The standard InChI is InChI=1S/C19H40ClN/c1-5-6-7-8-9-10-11-12-13-14-17-21-18(15-16-20)19(2,3)4/h18,21H,5-17H2,1-4H3. The summed E-state index contributed by atoms with van der Waals surface area (Å²) in [5.74, 6) is 0.757. The highest BCUT2D eigenvalue weighted by atomic mass is 35.5. The average Bonchev–Trinajstić information content (AvgIpc) is 2.42. The minimum absolute atomic E-state index is 0.313. The summed E-state index contributed by atoms with van der Waals surface area (Å²) < 4.78 is 0. The molecule has 0 rings (SSSR count). The van der Waals surface area contributed by atoms with E-state index in [1.54, 1.807) is 0 Å². The topological polar surface area (TPSA) is 12.0 Å². The van der Waals surface area contributed by atoms with E-state index in [-0.39, 0.29) is 0 Å². The monoisotopic (exact) mass is 317 g/mol.